The number of thioether (sulfide) groups is 1. The second-order valence-corrected chi connectivity index (χ2v) is 5.00. The van der Waals surface area contributed by atoms with Crippen LogP contribution in [0.15, 0.2) is 23.1 Å². The van der Waals surface area contributed by atoms with E-state index in [1.54, 1.807) is 7.05 Å². The van der Waals surface area contributed by atoms with Gasteiger partial charge in [0.2, 0.25) is 0 Å². The van der Waals surface area contributed by atoms with Crippen molar-refractivity contribution in [2.75, 3.05) is 12.0 Å². The summed E-state index contributed by atoms with van der Waals surface area (Å²) in [4.78, 5) is 34.3. The molecule has 0 radical (unpaired) electrons. The Hall–Kier alpha value is -1.76. The maximum atomic E-state index is 11.9. The highest BCUT2D eigenvalue weighted by molar-refractivity contribution is 7.98. The molecule has 1 aromatic heterocycles. The Balaban J connectivity index is 2.78. The van der Waals surface area contributed by atoms with Gasteiger partial charge in [0.25, 0.3) is 11.5 Å². The SMILES string of the molecule is CSCC[C@H](NC(=O)c1ccn(C)c(=O)c1)C(=O)O. The Labute approximate surface area is 114 Å². The average molecular weight is 284 g/mol. The number of hydrogen-bond acceptors (Lipinski definition) is 4. The van der Waals surface area contributed by atoms with Crippen molar-refractivity contribution < 1.29 is 14.7 Å². The molecule has 0 saturated heterocycles. The van der Waals surface area contributed by atoms with E-state index in [0.717, 1.165) is 0 Å². The molecule has 0 aliphatic carbocycles. The minimum Gasteiger partial charge on any atom is -0.480 e. The number of nitrogens with zero attached hydrogens (tertiary/aromatic N) is 1. The monoisotopic (exact) mass is 284 g/mol. The summed E-state index contributed by atoms with van der Waals surface area (Å²) in [7, 11) is 1.57. The second kappa shape index (κ2) is 6.98. The van der Waals surface area contributed by atoms with Gasteiger partial charge in [-0.25, -0.2) is 4.79 Å². The maximum Gasteiger partial charge on any atom is 0.326 e. The van der Waals surface area contributed by atoms with Gasteiger partial charge in [0.15, 0.2) is 0 Å². The van der Waals surface area contributed by atoms with Crippen molar-refractivity contribution in [3.8, 4) is 0 Å². The molecule has 104 valence electrons. The van der Waals surface area contributed by atoms with Crippen LogP contribution in [0.3, 0.4) is 0 Å². The summed E-state index contributed by atoms with van der Waals surface area (Å²) in [5, 5.41) is 11.4. The smallest absolute Gasteiger partial charge is 0.326 e. The molecule has 19 heavy (non-hydrogen) atoms. The first-order valence-electron chi connectivity index (χ1n) is 5.65. The third-order valence-electron chi connectivity index (χ3n) is 2.58. The lowest BCUT2D eigenvalue weighted by atomic mass is 10.2. The van der Waals surface area contributed by atoms with Crippen LogP contribution in [0.4, 0.5) is 0 Å². The van der Waals surface area contributed by atoms with Gasteiger partial charge in [-0.1, -0.05) is 0 Å². The van der Waals surface area contributed by atoms with Gasteiger partial charge in [-0.15, -0.1) is 0 Å². The van der Waals surface area contributed by atoms with Crippen LogP contribution < -0.4 is 10.9 Å². The molecule has 1 amide bonds. The number of aliphatic carboxylic acids is 1. The number of rotatable bonds is 6. The number of nitrogens with one attached hydrogen (secondary N) is 1. The van der Waals surface area contributed by atoms with E-state index in [-0.39, 0.29) is 11.1 Å². The maximum absolute atomic E-state index is 11.9. The van der Waals surface area contributed by atoms with Gasteiger partial charge < -0.3 is 15.0 Å². The molecule has 2 N–H and O–H groups in total. The van der Waals surface area contributed by atoms with E-state index >= 15 is 0 Å². The third-order valence-corrected chi connectivity index (χ3v) is 3.22. The van der Waals surface area contributed by atoms with Crippen molar-refractivity contribution in [1.82, 2.24) is 9.88 Å². The molecular weight excluding hydrogens is 268 g/mol. The zero-order valence-corrected chi connectivity index (χ0v) is 11.6. The number of carbonyl (C=O) groups is 2. The zero-order valence-electron chi connectivity index (χ0n) is 10.8. The van der Waals surface area contributed by atoms with Crippen LogP contribution in [0.2, 0.25) is 0 Å². The number of hydrogen-bond donors (Lipinski definition) is 2. The predicted molar refractivity (Wildman–Crippen MR) is 73.6 cm³/mol. The van der Waals surface area contributed by atoms with Crippen LogP contribution in [0, 0.1) is 0 Å². The molecule has 0 bridgehead atoms. The van der Waals surface area contributed by atoms with Gasteiger partial charge in [0.1, 0.15) is 6.04 Å². The highest BCUT2D eigenvalue weighted by Gasteiger charge is 2.20. The Morgan fingerprint density at radius 3 is 2.74 bits per heavy atom. The minimum absolute atomic E-state index is 0.165. The molecule has 0 saturated carbocycles. The van der Waals surface area contributed by atoms with E-state index in [9.17, 15) is 14.4 Å². The fourth-order valence-corrected chi connectivity index (χ4v) is 1.90. The van der Waals surface area contributed by atoms with Crippen LogP contribution in [-0.2, 0) is 11.8 Å². The fourth-order valence-electron chi connectivity index (χ4n) is 1.42. The number of pyridine rings is 1. The van der Waals surface area contributed by atoms with E-state index in [1.807, 2.05) is 6.26 Å². The normalized spacial score (nSPS) is 11.9. The number of aromatic nitrogens is 1. The molecule has 1 aromatic rings. The average Bonchev–Trinajstić information content (AvgIpc) is 2.37. The predicted octanol–water partition coefficient (Wildman–Crippen LogP) is 0.321. The lowest BCUT2D eigenvalue weighted by Crippen LogP contribution is -2.41. The third kappa shape index (κ3) is 4.44. The topological polar surface area (TPSA) is 88.4 Å². The van der Waals surface area contributed by atoms with E-state index in [2.05, 4.69) is 5.32 Å². The van der Waals surface area contributed by atoms with Crippen LogP contribution >= 0.6 is 11.8 Å². The molecule has 1 rings (SSSR count). The number of amides is 1. The quantitative estimate of drug-likeness (QED) is 0.785. The van der Waals surface area contributed by atoms with Crippen molar-refractivity contribution in [3.05, 3.63) is 34.2 Å². The van der Waals surface area contributed by atoms with Gasteiger partial charge in [0, 0.05) is 24.9 Å². The van der Waals surface area contributed by atoms with Gasteiger partial charge >= 0.3 is 5.97 Å². The van der Waals surface area contributed by atoms with E-state index < -0.39 is 17.9 Å². The van der Waals surface area contributed by atoms with E-state index in [4.69, 9.17) is 5.11 Å². The van der Waals surface area contributed by atoms with Crippen molar-refractivity contribution in [3.63, 3.8) is 0 Å². The van der Waals surface area contributed by atoms with Gasteiger partial charge in [-0.3, -0.25) is 9.59 Å². The van der Waals surface area contributed by atoms with Crippen molar-refractivity contribution >= 4 is 23.6 Å². The number of carboxylic acids is 1. The van der Waals surface area contributed by atoms with Gasteiger partial charge in [-0.05, 0) is 24.5 Å². The molecule has 0 aliphatic heterocycles. The summed E-state index contributed by atoms with van der Waals surface area (Å²) < 4.78 is 1.33. The highest BCUT2D eigenvalue weighted by Crippen LogP contribution is 2.03. The lowest BCUT2D eigenvalue weighted by molar-refractivity contribution is -0.139. The van der Waals surface area contributed by atoms with Crippen LogP contribution in [0.5, 0.6) is 0 Å². The summed E-state index contributed by atoms with van der Waals surface area (Å²) in [6.45, 7) is 0. The standard InChI is InChI=1S/C12H16N2O4S/c1-14-5-3-8(7-10(14)15)11(16)13-9(12(17)18)4-6-19-2/h3,5,7,9H,4,6H2,1-2H3,(H,13,16)(H,17,18)/t9-/m0/s1. The molecular formula is C12H16N2O4S. The lowest BCUT2D eigenvalue weighted by Gasteiger charge is -2.13. The summed E-state index contributed by atoms with van der Waals surface area (Å²) >= 11 is 1.51. The Kier molecular flexibility index (Phi) is 5.62. The Morgan fingerprint density at radius 1 is 1.53 bits per heavy atom. The molecule has 0 unspecified atom stereocenters. The molecule has 6 nitrogen and oxygen atoms in total. The largest absolute Gasteiger partial charge is 0.480 e. The fraction of sp³-hybridized carbons (Fsp3) is 0.417. The summed E-state index contributed by atoms with van der Waals surface area (Å²) in [5.41, 5.74) is -0.151. The molecule has 1 heterocycles. The van der Waals surface area contributed by atoms with E-state index in [1.165, 1.54) is 34.7 Å². The van der Waals surface area contributed by atoms with Crippen LogP contribution in [-0.4, -0.2) is 39.6 Å². The summed E-state index contributed by atoms with van der Waals surface area (Å²) in [6.07, 6.45) is 3.67. The Bertz CT molecular complexity index is 527. The molecule has 1 atom stereocenters. The van der Waals surface area contributed by atoms with Crippen molar-refractivity contribution in [2.24, 2.45) is 7.05 Å². The van der Waals surface area contributed by atoms with Gasteiger partial charge in [-0.2, -0.15) is 11.8 Å². The highest BCUT2D eigenvalue weighted by atomic mass is 32.2. The van der Waals surface area contributed by atoms with Crippen LogP contribution in [0.25, 0.3) is 0 Å². The first kappa shape index (κ1) is 15.3. The summed E-state index contributed by atoms with van der Waals surface area (Å²) in [5.74, 6) is -0.995. The van der Waals surface area contributed by atoms with Crippen molar-refractivity contribution in [1.29, 1.82) is 0 Å². The summed E-state index contributed by atoms with van der Waals surface area (Å²) in [6, 6.07) is 1.72. The first-order valence-corrected chi connectivity index (χ1v) is 7.04. The van der Waals surface area contributed by atoms with Crippen molar-refractivity contribution in [2.45, 2.75) is 12.5 Å². The van der Waals surface area contributed by atoms with Crippen LogP contribution in [0.1, 0.15) is 16.8 Å². The van der Waals surface area contributed by atoms with Gasteiger partial charge in [0.05, 0.1) is 0 Å². The zero-order chi connectivity index (χ0) is 14.4. The first-order chi connectivity index (χ1) is 8.95. The molecule has 0 aliphatic rings. The molecule has 0 spiro atoms. The number of carbonyl (C=O) groups excluding carboxylic acids is 1. The minimum atomic E-state index is -1.08. The van der Waals surface area contributed by atoms with E-state index in [0.29, 0.717) is 12.2 Å². The molecule has 0 aromatic carbocycles. The molecule has 0 fully saturated rings. The molecule has 7 heteroatoms. The number of carboxylic acid groups (broad SMARTS) is 1. The Morgan fingerprint density at radius 2 is 2.21 bits per heavy atom. The number of aryl methyl sites for hydroxylation is 1. The second-order valence-electron chi connectivity index (χ2n) is 4.01.